The van der Waals surface area contributed by atoms with E-state index in [4.69, 9.17) is 16.3 Å². The van der Waals surface area contributed by atoms with Gasteiger partial charge < -0.3 is 4.74 Å². The maximum absolute atomic E-state index is 11.6. The van der Waals surface area contributed by atoms with Gasteiger partial charge in [-0.3, -0.25) is 0 Å². The Morgan fingerprint density at radius 3 is 2.73 bits per heavy atom. The summed E-state index contributed by atoms with van der Waals surface area (Å²) in [6.45, 7) is 4.06. The Kier molecular flexibility index (Phi) is 4.61. The Bertz CT molecular complexity index is 377. The molecule has 1 aromatic carbocycles. The van der Waals surface area contributed by atoms with Crippen molar-refractivity contribution in [2.45, 2.75) is 19.2 Å². The van der Waals surface area contributed by atoms with Crippen molar-refractivity contribution in [1.29, 1.82) is 0 Å². The van der Waals surface area contributed by atoms with Gasteiger partial charge >= 0.3 is 5.97 Å². The highest BCUT2D eigenvalue weighted by Crippen LogP contribution is 2.25. The van der Waals surface area contributed by atoms with Gasteiger partial charge in [0.05, 0.1) is 17.2 Å². The van der Waals surface area contributed by atoms with Gasteiger partial charge in [0, 0.05) is 5.33 Å². The van der Waals surface area contributed by atoms with E-state index in [1.807, 2.05) is 13.0 Å². The monoisotopic (exact) mass is 290 g/mol. The van der Waals surface area contributed by atoms with Crippen molar-refractivity contribution in [2.75, 3.05) is 6.61 Å². The number of esters is 1. The molecule has 0 radical (unpaired) electrons. The molecule has 0 unspecified atom stereocenters. The lowest BCUT2D eigenvalue weighted by atomic mass is 10.1. The fourth-order valence-electron chi connectivity index (χ4n) is 1.35. The van der Waals surface area contributed by atoms with Crippen molar-refractivity contribution >= 4 is 33.5 Å². The summed E-state index contributed by atoms with van der Waals surface area (Å²) in [5.41, 5.74) is 2.35. The van der Waals surface area contributed by atoms with E-state index in [-0.39, 0.29) is 5.97 Å². The van der Waals surface area contributed by atoms with Crippen molar-refractivity contribution in [1.82, 2.24) is 0 Å². The molecule has 1 rings (SSSR count). The first-order chi connectivity index (χ1) is 7.10. The van der Waals surface area contributed by atoms with Gasteiger partial charge in [0.15, 0.2) is 0 Å². The number of carbonyl (C=O) groups excluding carboxylic acids is 1. The standard InChI is InChI=1S/C11H12BrClO2/c1-3-15-11(14)10-8(6-12)4-7(2)5-9(10)13/h4-5H,3,6H2,1-2H3. The normalized spacial score (nSPS) is 10.1. The van der Waals surface area contributed by atoms with Crippen LogP contribution in [0.15, 0.2) is 12.1 Å². The molecule has 0 saturated heterocycles. The minimum atomic E-state index is -0.364. The molecule has 4 heteroatoms. The van der Waals surface area contributed by atoms with Gasteiger partial charge in [0.25, 0.3) is 0 Å². The molecule has 0 fully saturated rings. The highest BCUT2D eigenvalue weighted by atomic mass is 79.9. The third kappa shape index (κ3) is 2.95. The van der Waals surface area contributed by atoms with E-state index >= 15 is 0 Å². The largest absolute Gasteiger partial charge is 0.462 e. The Hall–Kier alpha value is -0.540. The van der Waals surface area contributed by atoms with Crippen LogP contribution in [-0.2, 0) is 10.1 Å². The van der Waals surface area contributed by atoms with E-state index in [0.717, 1.165) is 11.1 Å². The van der Waals surface area contributed by atoms with Gasteiger partial charge in [-0.25, -0.2) is 4.79 Å². The van der Waals surface area contributed by atoms with Crippen LogP contribution in [-0.4, -0.2) is 12.6 Å². The smallest absolute Gasteiger partial charge is 0.339 e. The molecule has 0 N–H and O–H groups in total. The fraction of sp³-hybridized carbons (Fsp3) is 0.364. The van der Waals surface area contributed by atoms with Crippen molar-refractivity contribution in [3.8, 4) is 0 Å². The molecule has 0 atom stereocenters. The minimum absolute atomic E-state index is 0.352. The zero-order valence-corrected chi connectivity index (χ0v) is 11.0. The van der Waals surface area contributed by atoms with Crippen LogP contribution in [0.4, 0.5) is 0 Å². The second kappa shape index (κ2) is 5.52. The number of aryl methyl sites for hydroxylation is 1. The lowest BCUT2D eigenvalue weighted by molar-refractivity contribution is 0.0525. The van der Waals surface area contributed by atoms with Crippen molar-refractivity contribution in [3.63, 3.8) is 0 Å². The topological polar surface area (TPSA) is 26.3 Å². The Morgan fingerprint density at radius 1 is 1.53 bits per heavy atom. The number of benzene rings is 1. The molecule has 0 spiro atoms. The van der Waals surface area contributed by atoms with E-state index in [9.17, 15) is 4.79 Å². The highest BCUT2D eigenvalue weighted by molar-refractivity contribution is 9.08. The molecular weight excluding hydrogens is 279 g/mol. The molecule has 0 aromatic heterocycles. The van der Waals surface area contributed by atoms with Gasteiger partial charge in [-0.1, -0.05) is 33.6 Å². The second-order valence-electron chi connectivity index (χ2n) is 3.13. The predicted molar refractivity (Wildman–Crippen MR) is 64.8 cm³/mol. The van der Waals surface area contributed by atoms with E-state index in [1.165, 1.54) is 0 Å². The second-order valence-corrected chi connectivity index (χ2v) is 4.10. The van der Waals surface area contributed by atoms with Crippen molar-refractivity contribution in [2.24, 2.45) is 0 Å². The van der Waals surface area contributed by atoms with Gasteiger partial charge in [-0.15, -0.1) is 0 Å². The zero-order chi connectivity index (χ0) is 11.4. The van der Waals surface area contributed by atoms with Crippen LogP contribution in [0.5, 0.6) is 0 Å². The van der Waals surface area contributed by atoms with Crippen LogP contribution in [0.1, 0.15) is 28.4 Å². The maximum Gasteiger partial charge on any atom is 0.339 e. The number of halogens is 2. The summed E-state index contributed by atoms with van der Waals surface area (Å²) in [5.74, 6) is -0.364. The lowest BCUT2D eigenvalue weighted by Gasteiger charge is -2.09. The van der Waals surface area contributed by atoms with Gasteiger partial charge in [-0.05, 0) is 31.0 Å². The lowest BCUT2D eigenvalue weighted by Crippen LogP contribution is -2.08. The summed E-state index contributed by atoms with van der Waals surface area (Å²) in [7, 11) is 0. The quantitative estimate of drug-likeness (QED) is 0.627. The van der Waals surface area contributed by atoms with Crippen LogP contribution in [0.2, 0.25) is 5.02 Å². The fourth-order valence-corrected chi connectivity index (χ4v) is 2.16. The summed E-state index contributed by atoms with van der Waals surface area (Å²) >= 11 is 9.35. The number of rotatable bonds is 3. The first-order valence-electron chi connectivity index (χ1n) is 4.62. The zero-order valence-electron chi connectivity index (χ0n) is 8.64. The molecule has 15 heavy (non-hydrogen) atoms. The third-order valence-electron chi connectivity index (χ3n) is 1.94. The Morgan fingerprint density at radius 2 is 2.20 bits per heavy atom. The molecule has 0 heterocycles. The average molecular weight is 292 g/mol. The molecule has 0 aliphatic carbocycles. The van der Waals surface area contributed by atoms with Gasteiger partial charge in [0.2, 0.25) is 0 Å². The van der Waals surface area contributed by atoms with Crippen LogP contribution in [0.3, 0.4) is 0 Å². The van der Waals surface area contributed by atoms with E-state index in [1.54, 1.807) is 13.0 Å². The van der Waals surface area contributed by atoms with E-state index < -0.39 is 0 Å². The molecule has 1 aromatic rings. The molecule has 0 aliphatic heterocycles. The number of alkyl halides is 1. The summed E-state index contributed by atoms with van der Waals surface area (Å²) in [4.78, 5) is 11.6. The Labute approximate surface area is 103 Å². The summed E-state index contributed by atoms with van der Waals surface area (Å²) in [6, 6.07) is 3.69. The van der Waals surface area contributed by atoms with Crippen LogP contribution < -0.4 is 0 Å². The molecule has 82 valence electrons. The summed E-state index contributed by atoms with van der Waals surface area (Å²) in [6.07, 6.45) is 0. The molecule has 0 amide bonds. The first-order valence-corrected chi connectivity index (χ1v) is 6.12. The number of hydrogen-bond donors (Lipinski definition) is 0. The number of ether oxygens (including phenoxy) is 1. The van der Waals surface area contributed by atoms with Gasteiger partial charge in [0.1, 0.15) is 0 Å². The van der Waals surface area contributed by atoms with Crippen LogP contribution in [0.25, 0.3) is 0 Å². The molecule has 2 nitrogen and oxygen atoms in total. The van der Waals surface area contributed by atoms with E-state index in [0.29, 0.717) is 22.5 Å². The van der Waals surface area contributed by atoms with Gasteiger partial charge in [-0.2, -0.15) is 0 Å². The van der Waals surface area contributed by atoms with Crippen LogP contribution >= 0.6 is 27.5 Å². The minimum Gasteiger partial charge on any atom is -0.462 e. The SMILES string of the molecule is CCOC(=O)c1c(Cl)cc(C)cc1CBr. The molecule has 0 bridgehead atoms. The van der Waals surface area contributed by atoms with Crippen molar-refractivity contribution in [3.05, 3.63) is 33.8 Å². The van der Waals surface area contributed by atoms with Crippen molar-refractivity contribution < 1.29 is 9.53 Å². The third-order valence-corrected chi connectivity index (χ3v) is 2.84. The summed E-state index contributed by atoms with van der Waals surface area (Å²) in [5, 5.41) is 1.03. The van der Waals surface area contributed by atoms with Crippen LogP contribution in [0, 0.1) is 6.92 Å². The number of carbonyl (C=O) groups is 1. The molecular formula is C11H12BrClO2. The highest BCUT2D eigenvalue weighted by Gasteiger charge is 2.16. The maximum atomic E-state index is 11.6. The first kappa shape index (κ1) is 12.5. The number of hydrogen-bond acceptors (Lipinski definition) is 2. The molecule has 0 aliphatic rings. The Balaban J connectivity index is 3.20. The van der Waals surface area contributed by atoms with E-state index in [2.05, 4.69) is 15.9 Å². The average Bonchev–Trinajstić information content (AvgIpc) is 2.16. The predicted octanol–water partition coefficient (Wildman–Crippen LogP) is 3.72. The summed E-state index contributed by atoms with van der Waals surface area (Å²) < 4.78 is 4.95. The molecule has 0 saturated carbocycles.